The van der Waals surface area contributed by atoms with Gasteiger partial charge in [0.2, 0.25) is 0 Å². The van der Waals surface area contributed by atoms with Gasteiger partial charge in [-0.15, -0.1) is 6.58 Å². The third kappa shape index (κ3) is 2.99. The molecule has 4 rings (SSSR count). The zero-order valence-electron chi connectivity index (χ0n) is 22.3. The first-order chi connectivity index (χ1) is 14.6. The van der Waals surface area contributed by atoms with Gasteiger partial charge in [-0.3, -0.25) is 4.79 Å². The van der Waals surface area contributed by atoms with Crippen LogP contribution >= 0.6 is 0 Å². The lowest BCUT2D eigenvalue weighted by atomic mass is 9.30. The first-order valence-corrected chi connectivity index (χ1v) is 13.5. The van der Waals surface area contributed by atoms with Crippen molar-refractivity contribution in [2.45, 2.75) is 113 Å². The highest BCUT2D eigenvalue weighted by molar-refractivity contribution is 5.70. The van der Waals surface area contributed by atoms with E-state index in [9.17, 15) is 9.90 Å². The number of hydrogen-bond donors (Lipinski definition) is 1. The van der Waals surface area contributed by atoms with Crippen molar-refractivity contribution in [3.05, 3.63) is 12.7 Å². The molecule has 1 unspecified atom stereocenters. The van der Waals surface area contributed by atoms with Crippen LogP contribution in [0.1, 0.15) is 113 Å². The van der Waals surface area contributed by atoms with E-state index in [0.717, 1.165) is 12.3 Å². The number of aliphatic carboxylic acids is 1. The van der Waals surface area contributed by atoms with Crippen LogP contribution in [0.15, 0.2) is 12.7 Å². The molecule has 0 heterocycles. The fraction of sp³-hybridized carbons (Fsp3) is 0.900. The van der Waals surface area contributed by atoms with Gasteiger partial charge in [-0.2, -0.15) is 0 Å². The molecule has 4 saturated carbocycles. The zero-order valence-corrected chi connectivity index (χ0v) is 22.3. The van der Waals surface area contributed by atoms with Crippen molar-refractivity contribution in [3.8, 4) is 0 Å². The van der Waals surface area contributed by atoms with Crippen LogP contribution in [0.25, 0.3) is 0 Å². The van der Waals surface area contributed by atoms with Gasteiger partial charge in [0.05, 0.1) is 5.92 Å². The van der Waals surface area contributed by atoms with E-state index in [0.29, 0.717) is 27.6 Å². The molecule has 0 aromatic carbocycles. The summed E-state index contributed by atoms with van der Waals surface area (Å²) >= 11 is 0. The molecule has 0 amide bonds. The van der Waals surface area contributed by atoms with E-state index >= 15 is 0 Å². The van der Waals surface area contributed by atoms with E-state index in [1.807, 2.05) is 6.92 Å². The molecule has 0 bridgehead atoms. The third-order valence-corrected chi connectivity index (χ3v) is 13.0. The lowest BCUT2D eigenvalue weighted by molar-refractivity contribution is -0.248. The average Bonchev–Trinajstić information content (AvgIpc) is 2.70. The van der Waals surface area contributed by atoms with Gasteiger partial charge in [0.1, 0.15) is 0 Å². The highest BCUT2D eigenvalue weighted by Gasteiger charge is 2.70. The van der Waals surface area contributed by atoms with Crippen LogP contribution in [0.4, 0.5) is 0 Å². The predicted octanol–water partition coefficient (Wildman–Crippen LogP) is 8.36. The molecule has 182 valence electrons. The Morgan fingerprint density at radius 3 is 2.03 bits per heavy atom. The van der Waals surface area contributed by atoms with Crippen LogP contribution in [-0.2, 0) is 4.79 Å². The minimum atomic E-state index is -0.647. The Labute approximate surface area is 198 Å². The van der Waals surface area contributed by atoms with Crippen LogP contribution in [0.5, 0.6) is 0 Å². The number of carboxylic acids is 1. The van der Waals surface area contributed by atoms with E-state index in [4.69, 9.17) is 0 Å². The molecular formula is C30H50O2. The molecule has 0 aliphatic heterocycles. The molecule has 9 atom stereocenters. The van der Waals surface area contributed by atoms with Gasteiger partial charge in [0.25, 0.3) is 0 Å². The first-order valence-electron chi connectivity index (χ1n) is 13.5. The topological polar surface area (TPSA) is 37.3 Å². The van der Waals surface area contributed by atoms with Gasteiger partial charge in [0.15, 0.2) is 0 Å². The smallest absolute Gasteiger partial charge is 0.306 e. The van der Waals surface area contributed by atoms with Crippen molar-refractivity contribution in [1.29, 1.82) is 0 Å². The molecule has 4 aliphatic carbocycles. The van der Waals surface area contributed by atoms with E-state index in [-0.39, 0.29) is 22.7 Å². The second-order valence-electron chi connectivity index (χ2n) is 14.8. The Kier molecular flexibility index (Phi) is 5.41. The lowest BCUT2D eigenvalue weighted by Crippen LogP contribution is -2.67. The number of carbonyl (C=O) groups is 1. The summed E-state index contributed by atoms with van der Waals surface area (Å²) in [6.45, 7) is 23.9. The maximum Gasteiger partial charge on any atom is 0.306 e. The summed E-state index contributed by atoms with van der Waals surface area (Å²) in [6.07, 6.45) is 13.7. The van der Waals surface area contributed by atoms with Gasteiger partial charge in [-0.1, -0.05) is 61.5 Å². The normalized spacial score (nSPS) is 53.3. The summed E-state index contributed by atoms with van der Waals surface area (Å²) < 4.78 is 0. The van der Waals surface area contributed by atoms with Crippen molar-refractivity contribution >= 4 is 5.97 Å². The highest BCUT2D eigenvalue weighted by atomic mass is 16.4. The fourth-order valence-corrected chi connectivity index (χ4v) is 10.4. The Hall–Kier alpha value is -0.790. The van der Waals surface area contributed by atoms with E-state index in [1.165, 1.54) is 51.4 Å². The standard InChI is InChI=1S/C30H50O2/c1-10-21-27(6,20(2)24(31)32)12-11-22-28(21,7)16-18-30(9)23-19-25(3,4)13-14-26(23,5)15-17-29(22,30)8/h10,20-23H,1,11-19H2,2-9H3,(H,31,32)/t20-,21+,22?,23+,26+,27+,28-,29+,30-/m0/s1. The van der Waals surface area contributed by atoms with Crippen molar-refractivity contribution in [3.63, 3.8) is 0 Å². The fourth-order valence-electron chi connectivity index (χ4n) is 10.4. The number of allylic oxidation sites excluding steroid dienone is 1. The predicted molar refractivity (Wildman–Crippen MR) is 133 cm³/mol. The molecule has 0 radical (unpaired) electrons. The number of fused-ring (bicyclic) bond motifs is 5. The van der Waals surface area contributed by atoms with Gasteiger partial charge >= 0.3 is 5.97 Å². The molecule has 2 heteroatoms. The molecule has 0 spiro atoms. The number of rotatable bonds is 3. The molecule has 0 aromatic rings. The van der Waals surface area contributed by atoms with Crippen LogP contribution in [0, 0.1) is 56.2 Å². The monoisotopic (exact) mass is 442 g/mol. The second kappa shape index (κ2) is 7.11. The summed E-state index contributed by atoms with van der Waals surface area (Å²) in [5, 5.41) is 9.94. The minimum Gasteiger partial charge on any atom is -0.481 e. The summed E-state index contributed by atoms with van der Waals surface area (Å²) in [5.41, 5.74) is 1.59. The Morgan fingerprint density at radius 2 is 1.44 bits per heavy atom. The Bertz CT molecular complexity index is 799. The van der Waals surface area contributed by atoms with Crippen LogP contribution < -0.4 is 0 Å². The average molecular weight is 443 g/mol. The first kappa shape index (κ1) is 24.3. The van der Waals surface area contributed by atoms with Crippen molar-refractivity contribution in [1.82, 2.24) is 0 Å². The van der Waals surface area contributed by atoms with Crippen LogP contribution in [0.2, 0.25) is 0 Å². The molecule has 4 fully saturated rings. The summed E-state index contributed by atoms with van der Waals surface area (Å²) in [7, 11) is 0. The summed E-state index contributed by atoms with van der Waals surface area (Å²) in [5.74, 6) is 0.734. The summed E-state index contributed by atoms with van der Waals surface area (Å²) in [6, 6.07) is 0. The van der Waals surface area contributed by atoms with Gasteiger partial charge < -0.3 is 5.11 Å². The Balaban J connectivity index is 1.76. The molecule has 4 aliphatic rings. The van der Waals surface area contributed by atoms with E-state index in [1.54, 1.807) is 0 Å². The quantitative estimate of drug-likeness (QED) is 0.446. The highest BCUT2D eigenvalue weighted by Crippen LogP contribution is 2.77. The SMILES string of the molecule is C=C[C@@H]1[C@@](C)([C@@H](C)C(=O)O)CCC2[C@@]1(C)CC[C@@]1(C)[C@@H]3CC(C)(C)CC[C@]3(C)CC[C@]21C. The van der Waals surface area contributed by atoms with Crippen LogP contribution in [0.3, 0.4) is 0 Å². The third-order valence-electron chi connectivity index (χ3n) is 13.0. The van der Waals surface area contributed by atoms with Crippen molar-refractivity contribution < 1.29 is 9.90 Å². The maximum atomic E-state index is 12.1. The molecule has 2 nitrogen and oxygen atoms in total. The van der Waals surface area contributed by atoms with Crippen molar-refractivity contribution in [2.75, 3.05) is 0 Å². The lowest BCUT2D eigenvalue weighted by Gasteiger charge is -2.74. The molecule has 32 heavy (non-hydrogen) atoms. The molecule has 0 saturated heterocycles. The zero-order chi connectivity index (χ0) is 24.0. The summed E-state index contributed by atoms with van der Waals surface area (Å²) in [4.78, 5) is 12.1. The van der Waals surface area contributed by atoms with Gasteiger partial charge in [-0.05, 0) is 108 Å². The molecule has 1 N–H and O–H groups in total. The number of hydrogen-bond acceptors (Lipinski definition) is 1. The largest absolute Gasteiger partial charge is 0.481 e. The van der Waals surface area contributed by atoms with E-state index < -0.39 is 5.97 Å². The van der Waals surface area contributed by atoms with Gasteiger partial charge in [0, 0.05) is 0 Å². The van der Waals surface area contributed by atoms with Gasteiger partial charge in [-0.25, -0.2) is 0 Å². The second-order valence-corrected chi connectivity index (χ2v) is 14.8. The van der Waals surface area contributed by atoms with Crippen molar-refractivity contribution in [2.24, 2.45) is 56.2 Å². The minimum absolute atomic E-state index is 0.143. The number of carboxylic acid groups (broad SMARTS) is 1. The maximum absolute atomic E-state index is 12.1. The van der Waals surface area contributed by atoms with Crippen LogP contribution in [-0.4, -0.2) is 11.1 Å². The Morgan fingerprint density at radius 1 is 0.875 bits per heavy atom. The van der Waals surface area contributed by atoms with E-state index in [2.05, 4.69) is 61.1 Å². The molecular weight excluding hydrogens is 392 g/mol. The molecule has 0 aromatic heterocycles.